The summed E-state index contributed by atoms with van der Waals surface area (Å²) in [5.74, 6) is -1.27. The topological polar surface area (TPSA) is 46.2 Å². The van der Waals surface area contributed by atoms with Gasteiger partial charge in [0.25, 0.3) is 0 Å². The standard InChI is InChI=1S/C10H13F2NO/c1-2-7-8(10(13)5-14)3-6(11)4-9(7)12/h3-4,10,14H,2,5,13H2,1H3/t10-/m1/s1. The molecule has 1 aromatic rings. The fraction of sp³-hybridized carbons (Fsp3) is 0.400. The molecule has 0 heterocycles. The van der Waals surface area contributed by atoms with Crippen LogP contribution in [0, 0.1) is 11.6 Å². The molecule has 0 aliphatic carbocycles. The van der Waals surface area contributed by atoms with Gasteiger partial charge in [-0.15, -0.1) is 0 Å². The largest absolute Gasteiger partial charge is 0.394 e. The van der Waals surface area contributed by atoms with E-state index in [0.29, 0.717) is 17.5 Å². The molecule has 0 radical (unpaired) electrons. The van der Waals surface area contributed by atoms with Crippen molar-refractivity contribution in [3.8, 4) is 0 Å². The summed E-state index contributed by atoms with van der Waals surface area (Å²) < 4.78 is 26.1. The lowest BCUT2D eigenvalue weighted by Crippen LogP contribution is -2.17. The highest BCUT2D eigenvalue weighted by molar-refractivity contribution is 5.32. The van der Waals surface area contributed by atoms with Crippen LogP contribution in [0.1, 0.15) is 24.1 Å². The third kappa shape index (κ3) is 2.08. The molecule has 0 aliphatic heterocycles. The van der Waals surface area contributed by atoms with Crippen LogP contribution in [0.15, 0.2) is 12.1 Å². The van der Waals surface area contributed by atoms with Crippen LogP contribution in [0.5, 0.6) is 0 Å². The minimum Gasteiger partial charge on any atom is -0.394 e. The van der Waals surface area contributed by atoms with E-state index in [9.17, 15) is 8.78 Å². The Bertz CT molecular complexity index is 328. The highest BCUT2D eigenvalue weighted by Crippen LogP contribution is 2.21. The molecule has 0 saturated carbocycles. The molecule has 0 fully saturated rings. The molecule has 14 heavy (non-hydrogen) atoms. The van der Waals surface area contributed by atoms with Crippen molar-refractivity contribution in [1.29, 1.82) is 0 Å². The van der Waals surface area contributed by atoms with Gasteiger partial charge in [-0.3, -0.25) is 0 Å². The lowest BCUT2D eigenvalue weighted by molar-refractivity contribution is 0.267. The van der Waals surface area contributed by atoms with Gasteiger partial charge in [0.1, 0.15) is 11.6 Å². The van der Waals surface area contributed by atoms with Crippen molar-refractivity contribution in [3.05, 3.63) is 34.9 Å². The Morgan fingerprint density at radius 1 is 1.43 bits per heavy atom. The van der Waals surface area contributed by atoms with E-state index in [-0.39, 0.29) is 6.61 Å². The first-order valence-corrected chi connectivity index (χ1v) is 4.44. The molecule has 0 unspecified atom stereocenters. The van der Waals surface area contributed by atoms with Crippen LogP contribution >= 0.6 is 0 Å². The van der Waals surface area contributed by atoms with E-state index in [4.69, 9.17) is 10.8 Å². The Labute approximate surface area is 81.4 Å². The first-order valence-electron chi connectivity index (χ1n) is 4.44. The maximum atomic E-state index is 13.2. The second-order valence-corrected chi connectivity index (χ2v) is 3.10. The van der Waals surface area contributed by atoms with Gasteiger partial charge in [0.2, 0.25) is 0 Å². The predicted octanol–water partition coefficient (Wildman–Crippen LogP) is 1.52. The molecule has 78 valence electrons. The quantitative estimate of drug-likeness (QED) is 0.778. The molecule has 2 nitrogen and oxygen atoms in total. The average Bonchev–Trinajstić information content (AvgIpc) is 2.15. The number of benzene rings is 1. The van der Waals surface area contributed by atoms with Gasteiger partial charge < -0.3 is 10.8 Å². The van der Waals surface area contributed by atoms with Crippen molar-refractivity contribution in [1.82, 2.24) is 0 Å². The van der Waals surface area contributed by atoms with Gasteiger partial charge in [0.15, 0.2) is 0 Å². The van der Waals surface area contributed by atoms with Crippen LogP contribution < -0.4 is 5.73 Å². The predicted molar refractivity (Wildman–Crippen MR) is 49.8 cm³/mol. The van der Waals surface area contributed by atoms with Crippen molar-refractivity contribution in [2.75, 3.05) is 6.61 Å². The lowest BCUT2D eigenvalue weighted by Gasteiger charge is -2.14. The van der Waals surface area contributed by atoms with E-state index in [1.165, 1.54) is 6.07 Å². The Kier molecular flexibility index (Phi) is 3.55. The van der Waals surface area contributed by atoms with Crippen molar-refractivity contribution >= 4 is 0 Å². The second-order valence-electron chi connectivity index (χ2n) is 3.10. The summed E-state index contributed by atoms with van der Waals surface area (Å²) in [7, 11) is 0. The lowest BCUT2D eigenvalue weighted by atomic mass is 9.99. The van der Waals surface area contributed by atoms with Crippen LogP contribution in [0.4, 0.5) is 8.78 Å². The highest BCUT2D eigenvalue weighted by Gasteiger charge is 2.14. The Morgan fingerprint density at radius 2 is 2.07 bits per heavy atom. The minimum atomic E-state index is -0.727. The van der Waals surface area contributed by atoms with Crippen LogP contribution in [-0.2, 0) is 6.42 Å². The number of hydrogen-bond acceptors (Lipinski definition) is 2. The summed E-state index contributed by atoms with van der Waals surface area (Å²) in [6.45, 7) is 1.43. The van der Waals surface area contributed by atoms with Gasteiger partial charge in [0.05, 0.1) is 12.6 Å². The van der Waals surface area contributed by atoms with Crippen molar-refractivity contribution in [2.45, 2.75) is 19.4 Å². The van der Waals surface area contributed by atoms with Crippen LogP contribution in [-0.4, -0.2) is 11.7 Å². The molecule has 1 rings (SSSR count). The Balaban J connectivity index is 3.24. The summed E-state index contributed by atoms with van der Waals surface area (Å²) in [6, 6.07) is 1.27. The normalized spacial score (nSPS) is 12.9. The number of nitrogens with two attached hydrogens (primary N) is 1. The zero-order valence-electron chi connectivity index (χ0n) is 7.93. The molecule has 0 aromatic heterocycles. The van der Waals surface area contributed by atoms with E-state index in [2.05, 4.69) is 0 Å². The fourth-order valence-corrected chi connectivity index (χ4v) is 1.43. The number of rotatable bonds is 3. The van der Waals surface area contributed by atoms with E-state index in [1.54, 1.807) is 6.92 Å². The summed E-state index contributed by atoms with van der Waals surface area (Å²) in [5.41, 5.74) is 6.23. The number of halogens is 2. The molecule has 0 bridgehead atoms. The van der Waals surface area contributed by atoms with E-state index in [0.717, 1.165) is 6.07 Å². The second kappa shape index (κ2) is 4.48. The van der Waals surface area contributed by atoms with Gasteiger partial charge in [0, 0.05) is 6.07 Å². The molecule has 4 heteroatoms. The molecular formula is C10H13F2NO. The number of aliphatic hydroxyl groups excluding tert-OH is 1. The van der Waals surface area contributed by atoms with Gasteiger partial charge >= 0.3 is 0 Å². The number of aliphatic hydroxyl groups is 1. The van der Waals surface area contributed by atoms with Gasteiger partial charge in [-0.2, -0.15) is 0 Å². The first kappa shape index (κ1) is 11.1. The van der Waals surface area contributed by atoms with E-state index in [1.807, 2.05) is 0 Å². The minimum absolute atomic E-state index is 0.324. The monoisotopic (exact) mass is 201 g/mol. The zero-order chi connectivity index (χ0) is 10.7. The van der Waals surface area contributed by atoms with Gasteiger partial charge in [-0.1, -0.05) is 6.92 Å². The van der Waals surface area contributed by atoms with Gasteiger partial charge in [-0.05, 0) is 23.6 Å². The van der Waals surface area contributed by atoms with Gasteiger partial charge in [-0.25, -0.2) is 8.78 Å². The summed E-state index contributed by atoms with van der Waals surface area (Å²) in [5, 5.41) is 8.82. The summed E-state index contributed by atoms with van der Waals surface area (Å²) in [6.07, 6.45) is 0.426. The smallest absolute Gasteiger partial charge is 0.129 e. The third-order valence-corrected chi connectivity index (χ3v) is 2.14. The molecule has 0 saturated heterocycles. The van der Waals surface area contributed by atoms with Crippen molar-refractivity contribution in [2.24, 2.45) is 5.73 Å². The molecule has 0 aliphatic rings. The van der Waals surface area contributed by atoms with E-state index >= 15 is 0 Å². The van der Waals surface area contributed by atoms with Crippen LogP contribution in [0.2, 0.25) is 0 Å². The molecule has 0 amide bonds. The Hall–Kier alpha value is -1.00. The van der Waals surface area contributed by atoms with Crippen LogP contribution in [0.3, 0.4) is 0 Å². The highest BCUT2D eigenvalue weighted by atomic mass is 19.1. The maximum absolute atomic E-state index is 13.2. The zero-order valence-corrected chi connectivity index (χ0v) is 7.93. The fourth-order valence-electron chi connectivity index (χ4n) is 1.43. The molecule has 3 N–H and O–H groups in total. The summed E-state index contributed by atoms with van der Waals surface area (Å²) >= 11 is 0. The SMILES string of the molecule is CCc1c(F)cc(F)cc1[C@H](N)CO. The third-order valence-electron chi connectivity index (χ3n) is 2.14. The maximum Gasteiger partial charge on any atom is 0.129 e. The summed E-state index contributed by atoms with van der Waals surface area (Å²) in [4.78, 5) is 0. The van der Waals surface area contributed by atoms with Crippen LogP contribution in [0.25, 0.3) is 0 Å². The molecular weight excluding hydrogens is 188 g/mol. The molecule has 0 spiro atoms. The van der Waals surface area contributed by atoms with E-state index < -0.39 is 17.7 Å². The van der Waals surface area contributed by atoms with Crippen molar-refractivity contribution < 1.29 is 13.9 Å². The number of hydrogen-bond donors (Lipinski definition) is 2. The molecule has 1 aromatic carbocycles. The Morgan fingerprint density at radius 3 is 2.57 bits per heavy atom. The van der Waals surface area contributed by atoms with Crippen molar-refractivity contribution in [3.63, 3.8) is 0 Å². The molecule has 1 atom stereocenters. The average molecular weight is 201 g/mol. The first-order chi connectivity index (χ1) is 6.60.